The van der Waals surface area contributed by atoms with Crippen molar-refractivity contribution < 1.29 is 101 Å². The Kier molecular flexibility index (Phi) is 15.1. The van der Waals surface area contributed by atoms with Gasteiger partial charge in [0.05, 0.1) is 43.7 Å². The van der Waals surface area contributed by atoms with Gasteiger partial charge in [-0.1, -0.05) is 39.3 Å². The number of fused-ring (bicyclic) bond motifs is 7. The lowest BCUT2D eigenvalue weighted by Gasteiger charge is -2.60. The largest absolute Gasteiger partial charge is 0.397 e. The van der Waals surface area contributed by atoms with E-state index in [1.807, 2.05) is 6.92 Å². The average molecular weight is 983 g/mol. The van der Waals surface area contributed by atoms with E-state index in [9.17, 15) is 64.0 Å². The van der Waals surface area contributed by atoms with E-state index < -0.39 is 133 Å². The summed E-state index contributed by atoms with van der Waals surface area (Å²) in [5.74, 6) is -1.25. The van der Waals surface area contributed by atoms with Gasteiger partial charge in [0.15, 0.2) is 24.7 Å². The first kappa shape index (κ1) is 52.3. The predicted molar refractivity (Wildman–Crippen MR) is 228 cm³/mol. The van der Waals surface area contributed by atoms with Gasteiger partial charge in [0.25, 0.3) is 0 Å². The van der Waals surface area contributed by atoms with Crippen LogP contribution in [0.1, 0.15) is 92.9 Å². The topological polar surface area (TPSA) is 331 Å². The molecule has 386 valence electrons. The molecule has 11 N–H and O–H groups in total. The first-order valence-electron chi connectivity index (χ1n) is 24.0. The molecule has 4 aliphatic heterocycles. The van der Waals surface area contributed by atoms with E-state index in [2.05, 4.69) is 26.8 Å². The molecule has 0 aromatic heterocycles. The highest BCUT2D eigenvalue weighted by atomic mass is 32.3. The summed E-state index contributed by atoms with van der Waals surface area (Å²) in [6.07, 6.45) is -17.3. The molecular formula is C45H74O21S. The fourth-order valence-electron chi connectivity index (χ4n) is 13.8. The van der Waals surface area contributed by atoms with Gasteiger partial charge in [-0.25, -0.2) is 4.18 Å². The van der Waals surface area contributed by atoms with Gasteiger partial charge in [-0.05, 0) is 87.4 Å². The summed E-state index contributed by atoms with van der Waals surface area (Å²) in [6, 6.07) is 0. The highest BCUT2D eigenvalue weighted by Gasteiger charge is 2.69. The minimum atomic E-state index is -5.11. The van der Waals surface area contributed by atoms with Crippen LogP contribution in [0.25, 0.3) is 0 Å². The smallest absolute Gasteiger partial charge is 0.394 e. The van der Waals surface area contributed by atoms with Crippen LogP contribution in [0.4, 0.5) is 0 Å². The van der Waals surface area contributed by atoms with Gasteiger partial charge in [0.2, 0.25) is 0 Å². The maximum absolute atomic E-state index is 12.1. The lowest BCUT2D eigenvalue weighted by atomic mass is 9.46. The number of hydrogen-bond acceptors (Lipinski definition) is 20. The predicted octanol–water partition coefficient (Wildman–Crippen LogP) is -1.01. The second kappa shape index (κ2) is 19.4. The zero-order valence-electron chi connectivity index (χ0n) is 38.9. The third kappa shape index (κ3) is 9.45. The van der Waals surface area contributed by atoms with Crippen molar-refractivity contribution in [3.05, 3.63) is 11.6 Å². The molecule has 4 aliphatic carbocycles. The third-order valence-electron chi connectivity index (χ3n) is 17.6. The van der Waals surface area contributed by atoms with E-state index in [-0.39, 0.29) is 60.1 Å². The minimum absolute atomic E-state index is 0.0525. The van der Waals surface area contributed by atoms with Crippen LogP contribution >= 0.6 is 0 Å². The fourth-order valence-corrected chi connectivity index (χ4v) is 14.4. The number of aliphatic hydroxyl groups is 10. The van der Waals surface area contributed by atoms with Crippen molar-refractivity contribution in [1.29, 1.82) is 0 Å². The normalized spacial score (nSPS) is 53.8. The van der Waals surface area contributed by atoms with Gasteiger partial charge in [-0.2, -0.15) is 8.42 Å². The fraction of sp³-hybridized carbons (Fsp3) is 0.956. The molecule has 8 rings (SSSR count). The van der Waals surface area contributed by atoms with Crippen molar-refractivity contribution in [2.24, 2.45) is 46.3 Å². The Bertz CT molecular complexity index is 1880. The van der Waals surface area contributed by atoms with Crippen LogP contribution < -0.4 is 0 Å². The average Bonchev–Trinajstić information content (AvgIpc) is 3.70. The van der Waals surface area contributed by atoms with Gasteiger partial charge in [0, 0.05) is 24.2 Å². The number of allylic oxidation sites excluding steroid dienone is 1. The first-order chi connectivity index (χ1) is 31.3. The van der Waals surface area contributed by atoms with Gasteiger partial charge in [-0.3, -0.25) is 4.55 Å². The van der Waals surface area contributed by atoms with Crippen LogP contribution in [0.3, 0.4) is 0 Å². The summed E-state index contributed by atoms with van der Waals surface area (Å²) in [5.41, 5.74) is 0.166. The molecule has 22 heteroatoms. The monoisotopic (exact) mass is 982 g/mol. The van der Waals surface area contributed by atoms with E-state index in [0.717, 1.165) is 31.3 Å². The molecular weight excluding hydrogens is 909 g/mol. The molecule has 0 amide bonds. The molecule has 4 saturated heterocycles. The molecule has 3 saturated carbocycles. The number of rotatable bonds is 13. The van der Waals surface area contributed by atoms with Gasteiger partial charge in [-0.15, -0.1) is 0 Å². The third-order valence-corrected chi connectivity index (χ3v) is 18.1. The summed E-state index contributed by atoms with van der Waals surface area (Å²) < 4.78 is 80.9. The maximum atomic E-state index is 12.1. The minimum Gasteiger partial charge on any atom is -0.394 e. The van der Waals surface area contributed by atoms with Crippen molar-refractivity contribution in [3.8, 4) is 0 Å². The zero-order valence-corrected chi connectivity index (χ0v) is 39.7. The summed E-state index contributed by atoms with van der Waals surface area (Å²) >= 11 is 0. The van der Waals surface area contributed by atoms with Crippen LogP contribution in [0, 0.1) is 46.3 Å². The van der Waals surface area contributed by atoms with Crippen LogP contribution in [-0.4, -0.2) is 193 Å². The van der Waals surface area contributed by atoms with Crippen LogP contribution in [0.2, 0.25) is 0 Å². The Labute approximate surface area is 391 Å². The van der Waals surface area contributed by atoms with Crippen molar-refractivity contribution in [1.82, 2.24) is 0 Å². The Morgan fingerprint density at radius 3 is 2.16 bits per heavy atom. The quantitative estimate of drug-likeness (QED) is 0.0778. The summed E-state index contributed by atoms with van der Waals surface area (Å²) in [5, 5.41) is 107. The Hall–Kier alpha value is -1.07. The molecule has 67 heavy (non-hydrogen) atoms. The molecule has 7 fully saturated rings. The van der Waals surface area contributed by atoms with Crippen LogP contribution in [-0.2, 0) is 47.7 Å². The lowest BCUT2D eigenvalue weighted by molar-refractivity contribution is -0.370. The molecule has 8 aliphatic rings. The Morgan fingerprint density at radius 1 is 0.806 bits per heavy atom. The van der Waals surface area contributed by atoms with Gasteiger partial charge >= 0.3 is 10.4 Å². The van der Waals surface area contributed by atoms with E-state index >= 15 is 0 Å². The zero-order chi connectivity index (χ0) is 48.9. The molecule has 21 nitrogen and oxygen atoms in total. The van der Waals surface area contributed by atoms with E-state index in [4.69, 9.17) is 37.3 Å². The summed E-state index contributed by atoms with van der Waals surface area (Å²) in [4.78, 5) is 0. The second-order valence-electron chi connectivity index (χ2n) is 21.6. The number of aliphatic hydroxyl groups excluding tert-OH is 9. The van der Waals surface area contributed by atoms with Crippen molar-refractivity contribution in [3.63, 3.8) is 0 Å². The Balaban J connectivity index is 0.966. The molecule has 0 radical (unpaired) electrons. The highest BCUT2D eigenvalue weighted by Crippen LogP contribution is 2.70. The molecule has 0 aromatic carbocycles. The van der Waals surface area contributed by atoms with E-state index in [1.165, 1.54) is 13.8 Å². The Morgan fingerprint density at radius 2 is 1.48 bits per heavy atom. The highest BCUT2D eigenvalue weighted by molar-refractivity contribution is 7.80. The van der Waals surface area contributed by atoms with Crippen molar-refractivity contribution in [2.45, 2.75) is 209 Å². The molecule has 27 atom stereocenters. The summed E-state index contributed by atoms with van der Waals surface area (Å²) in [7, 11) is -5.11. The van der Waals surface area contributed by atoms with Crippen LogP contribution in [0.15, 0.2) is 11.6 Å². The van der Waals surface area contributed by atoms with Crippen molar-refractivity contribution in [2.75, 3.05) is 13.2 Å². The maximum Gasteiger partial charge on any atom is 0.397 e. The van der Waals surface area contributed by atoms with Gasteiger partial charge < -0.3 is 84.2 Å². The second-order valence-corrected chi connectivity index (χ2v) is 22.6. The molecule has 0 aromatic rings. The molecule has 0 bridgehead atoms. The van der Waals surface area contributed by atoms with Gasteiger partial charge in [0.1, 0.15) is 61.0 Å². The first-order valence-corrected chi connectivity index (χ1v) is 25.4. The molecule has 0 unspecified atom stereocenters. The molecule has 4 heterocycles. The van der Waals surface area contributed by atoms with E-state index in [1.54, 1.807) is 0 Å². The standard InChI is InChI=1S/C45H74O21S/c1-18(17-59-40-35(52)34(51)32(49)28(16-46)62-40)9-12-45(55)19(2)30-27(65-45)15-26-24-8-7-22-13-23(47)14-29(44(22,6)25(24)10-11-43(26,30)5)63-42-39(37(54)38(21(4)61-42)66-67(56,57)58)64-41-36(53)33(50)31(48)20(3)60-41/h7,18-21,23-42,46-55H,8-17H2,1-6H3,(H,56,57,58)/t18-,19+,20+,21-,23-,24-,25+,26+,27+,28-,29-,30+,31+,32-,33-,34+,35-,36-,37+,38+,39-,40-,41+,42+,43+,44+,45+/m1/s1. The summed E-state index contributed by atoms with van der Waals surface area (Å²) in [6.45, 7) is 10.8. The lowest BCUT2D eigenvalue weighted by Crippen LogP contribution is -2.65. The van der Waals surface area contributed by atoms with E-state index in [0.29, 0.717) is 19.3 Å². The molecule has 0 spiro atoms. The number of hydrogen-bond donors (Lipinski definition) is 11. The van der Waals surface area contributed by atoms with Crippen LogP contribution in [0.5, 0.6) is 0 Å². The van der Waals surface area contributed by atoms with Crippen molar-refractivity contribution >= 4 is 10.4 Å². The number of ether oxygens (including phenoxy) is 7. The SMILES string of the molecule is C[C@H](CC[C@]1(O)O[C@H]2C[C@H]3[C@@H]4CC=C5C[C@@H](O)C[C@@H](O[C@@H]6O[C@H](C)[C@H](OS(=O)(=O)O)[C@H](O)[C@H]6O[C@@H]6O[C@@H](C)[C@H](O)[C@@H](O)[C@H]6O)[C@]5(C)[C@H]4CC[C@]3(C)[C@H]2[C@@H]1C)CO[C@@H]1O[C@H](CO)[C@@H](O)[C@H](O)[C@H]1O.